The quantitative estimate of drug-likeness (QED) is 0.338. The van der Waals surface area contributed by atoms with Gasteiger partial charge < -0.3 is 10.6 Å². The molecule has 2 unspecified atom stereocenters. The van der Waals surface area contributed by atoms with Crippen molar-refractivity contribution in [2.75, 3.05) is 24.5 Å². The number of anilines is 1. The molecule has 0 radical (unpaired) electrons. The second-order valence-electron chi connectivity index (χ2n) is 6.77. The van der Waals surface area contributed by atoms with Crippen LogP contribution < -0.4 is 10.6 Å². The Balaban J connectivity index is 2.03. The highest BCUT2D eigenvalue weighted by Gasteiger charge is 2.36. The molecule has 9 heteroatoms. The Hall–Kier alpha value is -2.26. The molecule has 0 amide bonds. The first-order valence-electron chi connectivity index (χ1n) is 9.14. The summed E-state index contributed by atoms with van der Waals surface area (Å²) in [5.74, 6) is -1.50. The Morgan fingerprint density at radius 3 is 2.17 bits per heavy atom. The molecule has 158 valence electrons. The monoisotopic (exact) mass is 427 g/mol. The summed E-state index contributed by atoms with van der Waals surface area (Å²) in [5, 5.41) is 10.9. The maximum atomic E-state index is 12.8. The number of alkyl halides is 3. The lowest BCUT2D eigenvalue weighted by Gasteiger charge is -2.27. The number of nitrogens with zero attached hydrogens (tertiary/aromatic N) is 2. The summed E-state index contributed by atoms with van der Waals surface area (Å²) in [6.45, 7) is 4.83. The van der Waals surface area contributed by atoms with Crippen LogP contribution in [-0.4, -0.2) is 36.0 Å². The smallest absolute Gasteiger partial charge is 0.369 e. The van der Waals surface area contributed by atoms with Crippen LogP contribution in [0.4, 0.5) is 24.5 Å². The average Bonchev–Trinajstić information content (AvgIpc) is 2.67. The van der Waals surface area contributed by atoms with Crippen molar-refractivity contribution in [2.45, 2.75) is 36.1 Å². The van der Waals surface area contributed by atoms with Crippen molar-refractivity contribution < 1.29 is 18.1 Å². The first-order chi connectivity index (χ1) is 13.6. The third kappa shape index (κ3) is 6.64. The second-order valence-corrected chi connectivity index (χ2v) is 8.28. The van der Waals surface area contributed by atoms with Crippen molar-refractivity contribution in [3.8, 4) is 0 Å². The Bertz CT molecular complexity index is 798. The molecule has 29 heavy (non-hydrogen) atoms. The molecule has 0 heterocycles. The minimum absolute atomic E-state index is 0.0250. The highest BCUT2D eigenvalue weighted by molar-refractivity contribution is 8.00. The lowest BCUT2D eigenvalue weighted by Crippen LogP contribution is -2.34. The molecule has 0 saturated heterocycles. The molecule has 5 nitrogen and oxygen atoms in total. The molecule has 2 aromatic carbocycles. The number of nitrogens with two attached hydrogens (primary N) is 1. The second kappa shape index (κ2) is 9.98. The number of hydrogen-bond acceptors (Lipinski definition) is 5. The molecule has 2 rings (SSSR count). The topological polar surface area (TPSA) is 72.4 Å². The predicted molar refractivity (Wildman–Crippen MR) is 111 cm³/mol. The zero-order valence-corrected chi connectivity index (χ0v) is 17.0. The Kier molecular flexibility index (Phi) is 7.92. The predicted octanol–water partition coefficient (Wildman–Crippen LogP) is 5.21. The van der Waals surface area contributed by atoms with Crippen molar-refractivity contribution in [2.24, 2.45) is 5.73 Å². The molecular formula is C20H24F3N3O2S. The molecule has 0 bridgehead atoms. The fourth-order valence-corrected chi connectivity index (χ4v) is 3.88. The molecule has 2 N–H and O–H groups in total. The summed E-state index contributed by atoms with van der Waals surface area (Å²) in [4.78, 5) is 13.3. The zero-order valence-electron chi connectivity index (χ0n) is 16.2. The molecule has 0 aliphatic heterocycles. The van der Waals surface area contributed by atoms with E-state index in [2.05, 4.69) is 0 Å². The Labute approximate surface area is 172 Å². The van der Waals surface area contributed by atoms with Gasteiger partial charge in [0.05, 0.1) is 10.8 Å². The van der Waals surface area contributed by atoms with Crippen LogP contribution in [0.15, 0.2) is 53.4 Å². The van der Waals surface area contributed by atoms with E-state index in [1.807, 2.05) is 11.8 Å². The fourth-order valence-electron chi connectivity index (χ4n) is 2.87. The summed E-state index contributed by atoms with van der Waals surface area (Å²) in [6.07, 6.45) is -4.25. The standard InChI is InChI=1S/C20H24F3N3O2S/c1-14(29-19-9-3-16(4-10-19)15(2)20(21,22)23)13-25(12-11-24)17-5-7-18(8-6-17)26(27)28/h3-10,14-15H,11-13,24H2,1-2H3. The lowest BCUT2D eigenvalue weighted by molar-refractivity contribution is -0.384. The van der Waals surface area contributed by atoms with E-state index in [0.29, 0.717) is 19.6 Å². The summed E-state index contributed by atoms with van der Waals surface area (Å²) in [6, 6.07) is 12.7. The van der Waals surface area contributed by atoms with Gasteiger partial charge in [-0.1, -0.05) is 19.1 Å². The van der Waals surface area contributed by atoms with Gasteiger partial charge in [0.2, 0.25) is 0 Å². The third-order valence-corrected chi connectivity index (χ3v) is 5.61. The molecule has 0 saturated carbocycles. The number of thioether (sulfide) groups is 1. The minimum atomic E-state index is -4.25. The molecule has 0 aromatic heterocycles. The SMILES string of the molecule is CC(CN(CCN)c1ccc([N+](=O)[O-])cc1)Sc1ccc(C(C)C(F)(F)F)cc1. The summed E-state index contributed by atoms with van der Waals surface area (Å²) < 4.78 is 38.5. The van der Waals surface area contributed by atoms with E-state index in [1.54, 1.807) is 36.0 Å². The highest BCUT2D eigenvalue weighted by Crippen LogP contribution is 2.35. The van der Waals surface area contributed by atoms with E-state index in [0.717, 1.165) is 17.5 Å². The van der Waals surface area contributed by atoms with Gasteiger partial charge in [-0.15, -0.1) is 11.8 Å². The minimum Gasteiger partial charge on any atom is -0.369 e. The van der Waals surface area contributed by atoms with Gasteiger partial charge in [0.1, 0.15) is 0 Å². The van der Waals surface area contributed by atoms with Crippen LogP contribution in [0, 0.1) is 10.1 Å². The first kappa shape index (κ1) is 23.0. The van der Waals surface area contributed by atoms with Gasteiger partial charge in [0.15, 0.2) is 0 Å². The van der Waals surface area contributed by atoms with Crippen molar-refractivity contribution in [1.82, 2.24) is 0 Å². The largest absolute Gasteiger partial charge is 0.395 e. The van der Waals surface area contributed by atoms with Crippen molar-refractivity contribution in [1.29, 1.82) is 0 Å². The van der Waals surface area contributed by atoms with E-state index in [4.69, 9.17) is 5.73 Å². The average molecular weight is 427 g/mol. The van der Waals surface area contributed by atoms with E-state index < -0.39 is 17.0 Å². The molecule has 2 atom stereocenters. The van der Waals surface area contributed by atoms with Gasteiger partial charge in [-0.3, -0.25) is 10.1 Å². The van der Waals surface area contributed by atoms with Crippen molar-refractivity contribution in [3.63, 3.8) is 0 Å². The van der Waals surface area contributed by atoms with E-state index >= 15 is 0 Å². The molecule has 0 aliphatic rings. The molecule has 0 spiro atoms. The number of rotatable bonds is 9. The molecule has 2 aromatic rings. The van der Waals surface area contributed by atoms with E-state index in [1.165, 1.54) is 24.3 Å². The number of benzene rings is 2. The summed E-state index contributed by atoms with van der Waals surface area (Å²) in [5.41, 5.74) is 6.81. The van der Waals surface area contributed by atoms with Gasteiger partial charge in [0.25, 0.3) is 5.69 Å². The number of nitro benzene ring substituents is 1. The van der Waals surface area contributed by atoms with Crippen LogP contribution in [0.1, 0.15) is 25.3 Å². The van der Waals surface area contributed by atoms with Crippen molar-refractivity contribution >= 4 is 23.1 Å². The highest BCUT2D eigenvalue weighted by atomic mass is 32.2. The molecular weight excluding hydrogens is 403 g/mol. The van der Waals surface area contributed by atoms with Crippen LogP contribution in [0.25, 0.3) is 0 Å². The van der Waals surface area contributed by atoms with Gasteiger partial charge in [-0.05, 0) is 36.8 Å². The summed E-state index contributed by atoms with van der Waals surface area (Å²) in [7, 11) is 0. The number of hydrogen-bond donors (Lipinski definition) is 1. The van der Waals surface area contributed by atoms with Crippen LogP contribution >= 0.6 is 11.8 Å². The fraction of sp³-hybridized carbons (Fsp3) is 0.400. The van der Waals surface area contributed by atoms with Crippen molar-refractivity contribution in [3.05, 3.63) is 64.2 Å². The maximum absolute atomic E-state index is 12.8. The van der Waals surface area contributed by atoms with E-state index in [-0.39, 0.29) is 16.5 Å². The van der Waals surface area contributed by atoms with Crippen LogP contribution in [0.2, 0.25) is 0 Å². The summed E-state index contributed by atoms with van der Waals surface area (Å²) >= 11 is 1.56. The van der Waals surface area contributed by atoms with Gasteiger partial charge in [0, 0.05) is 47.6 Å². The maximum Gasteiger partial charge on any atom is 0.395 e. The van der Waals surface area contributed by atoms with Crippen LogP contribution in [-0.2, 0) is 0 Å². The van der Waals surface area contributed by atoms with E-state index in [9.17, 15) is 23.3 Å². The zero-order chi connectivity index (χ0) is 21.6. The van der Waals surface area contributed by atoms with Gasteiger partial charge in [-0.2, -0.15) is 13.2 Å². The number of nitro groups is 1. The van der Waals surface area contributed by atoms with Crippen LogP contribution in [0.5, 0.6) is 0 Å². The van der Waals surface area contributed by atoms with Gasteiger partial charge >= 0.3 is 6.18 Å². The molecule has 0 aliphatic carbocycles. The number of halogens is 3. The van der Waals surface area contributed by atoms with Crippen LogP contribution in [0.3, 0.4) is 0 Å². The van der Waals surface area contributed by atoms with Gasteiger partial charge in [-0.25, -0.2) is 0 Å². The normalized spacial score (nSPS) is 13.7. The first-order valence-corrected chi connectivity index (χ1v) is 10.0. The number of non-ortho nitro benzene ring substituents is 1. The lowest BCUT2D eigenvalue weighted by atomic mass is 10.0. The Morgan fingerprint density at radius 2 is 1.69 bits per heavy atom. The Morgan fingerprint density at radius 1 is 1.10 bits per heavy atom. The molecule has 0 fully saturated rings. The third-order valence-electron chi connectivity index (χ3n) is 4.51.